The lowest BCUT2D eigenvalue weighted by Crippen LogP contribution is -2.45. The van der Waals surface area contributed by atoms with E-state index in [1.165, 1.54) is 17.2 Å². The third-order valence-corrected chi connectivity index (χ3v) is 4.12. The van der Waals surface area contributed by atoms with Crippen LogP contribution in [0.1, 0.15) is 44.9 Å². The first-order valence-electron chi connectivity index (χ1n) is 7.57. The van der Waals surface area contributed by atoms with Gasteiger partial charge < -0.3 is 14.7 Å². The molecule has 1 saturated heterocycles. The molecule has 2 rings (SSSR count). The van der Waals surface area contributed by atoms with Gasteiger partial charge in [0, 0.05) is 37.7 Å². The Bertz CT molecular complexity index is 581. The number of pyridine rings is 1. The largest absolute Gasteiger partial charge is 0.444 e. The van der Waals surface area contributed by atoms with Gasteiger partial charge in [0.15, 0.2) is 0 Å². The summed E-state index contributed by atoms with van der Waals surface area (Å²) in [6.45, 7) is 5.64. The second-order valence-corrected chi connectivity index (χ2v) is 7.15. The topological polar surface area (TPSA) is 62.7 Å². The minimum absolute atomic E-state index is 0.155. The quantitative estimate of drug-likeness (QED) is 0.892. The molecule has 7 heteroatoms. The number of ether oxygens (including phenoxy) is 1. The van der Waals surface area contributed by atoms with Crippen LogP contribution < -0.4 is 0 Å². The molecule has 0 aliphatic carbocycles. The molecule has 5 nitrogen and oxygen atoms in total. The normalized spacial score (nSPS) is 17.9. The van der Waals surface area contributed by atoms with Crippen molar-refractivity contribution in [3.8, 4) is 0 Å². The Hall–Kier alpha value is -1.40. The van der Waals surface area contributed by atoms with Gasteiger partial charge in [-0.1, -0.05) is 11.6 Å². The number of piperidine rings is 1. The van der Waals surface area contributed by atoms with Crippen molar-refractivity contribution in [3.63, 3.8) is 0 Å². The molecule has 0 unspecified atom stereocenters. The Kier molecular flexibility index (Phi) is 5.16. The van der Waals surface area contributed by atoms with E-state index in [2.05, 4.69) is 4.98 Å². The van der Waals surface area contributed by atoms with Gasteiger partial charge in [-0.25, -0.2) is 9.18 Å². The van der Waals surface area contributed by atoms with Gasteiger partial charge in [0.1, 0.15) is 11.3 Å². The Morgan fingerprint density at radius 3 is 2.57 bits per heavy atom. The molecule has 1 fully saturated rings. The van der Waals surface area contributed by atoms with Crippen LogP contribution in [0.25, 0.3) is 0 Å². The van der Waals surface area contributed by atoms with Gasteiger partial charge in [-0.2, -0.15) is 0 Å². The molecular formula is C16H22ClFN2O3. The first kappa shape index (κ1) is 17.9. The molecule has 128 valence electrons. The average Bonchev–Trinajstić information content (AvgIpc) is 2.46. The van der Waals surface area contributed by atoms with Gasteiger partial charge in [-0.05, 0) is 26.8 Å². The number of amides is 1. The first-order chi connectivity index (χ1) is 10.6. The number of alkyl halides is 1. The fourth-order valence-corrected chi connectivity index (χ4v) is 2.71. The van der Waals surface area contributed by atoms with E-state index in [1.807, 2.05) is 0 Å². The molecule has 1 aliphatic rings. The van der Waals surface area contributed by atoms with Crippen molar-refractivity contribution in [2.24, 2.45) is 0 Å². The zero-order valence-electron chi connectivity index (χ0n) is 13.6. The lowest BCUT2D eigenvalue weighted by Gasteiger charge is -2.37. The van der Waals surface area contributed by atoms with E-state index in [0.717, 1.165) is 0 Å². The number of likely N-dealkylation sites (tertiary alicyclic amines) is 1. The Balaban J connectivity index is 2.05. The molecule has 23 heavy (non-hydrogen) atoms. The highest BCUT2D eigenvalue weighted by atomic mass is 35.5. The SMILES string of the molecule is CC(C)(C)OC(=O)N1CCC(F)(c2cnc(CO)c(Cl)c2)CC1. The number of hydrogen-bond donors (Lipinski definition) is 1. The molecule has 1 amide bonds. The maximum Gasteiger partial charge on any atom is 0.410 e. The predicted octanol–water partition coefficient (Wildman–Crippen LogP) is 3.42. The van der Waals surface area contributed by atoms with Crippen molar-refractivity contribution in [1.29, 1.82) is 0 Å². The van der Waals surface area contributed by atoms with Crippen LogP contribution in [-0.2, 0) is 17.0 Å². The molecule has 1 N–H and O–H groups in total. The number of rotatable bonds is 2. The van der Waals surface area contributed by atoms with Crippen LogP contribution in [0.5, 0.6) is 0 Å². The number of aliphatic hydroxyl groups excluding tert-OH is 1. The van der Waals surface area contributed by atoms with Gasteiger partial charge in [0.05, 0.1) is 17.3 Å². The van der Waals surface area contributed by atoms with Crippen molar-refractivity contribution in [2.45, 2.75) is 51.5 Å². The van der Waals surface area contributed by atoms with E-state index < -0.39 is 17.4 Å². The summed E-state index contributed by atoms with van der Waals surface area (Å²) in [6, 6.07) is 1.50. The monoisotopic (exact) mass is 344 g/mol. The van der Waals surface area contributed by atoms with Crippen molar-refractivity contribution in [3.05, 3.63) is 28.5 Å². The van der Waals surface area contributed by atoms with E-state index in [-0.39, 0.29) is 37.6 Å². The van der Waals surface area contributed by atoms with Crippen LogP contribution in [-0.4, -0.2) is 39.8 Å². The molecule has 1 aromatic rings. The van der Waals surface area contributed by atoms with E-state index in [0.29, 0.717) is 11.3 Å². The van der Waals surface area contributed by atoms with Crippen LogP contribution in [0.15, 0.2) is 12.3 Å². The third-order valence-electron chi connectivity index (χ3n) is 3.79. The van der Waals surface area contributed by atoms with E-state index in [1.54, 1.807) is 20.8 Å². The van der Waals surface area contributed by atoms with Gasteiger partial charge in [0.25, 0.3) is 0 Å². The van der Waals surface area contributed by atoms with Gasteiger partial charge >= 0.3 is 6.09 Å². The number of carbonyl (C=O) groups excluding carboxylic acids is 1. The molecule has 2 heterocycles. The average molecular weight is 345 g/mol. The molecule has 0 aromatic carbocycles. The standard InChI is InChI=1S/C16H22ClFN2O3/c1-15(2,3)23-14(22)20-6-4-16(18,5-7-20)11-8-12(17)13(10-21)19-9-11/h8-9,21H,4-7,10H2,1-3H3. The molecule has 0 bridgehead atoms. The van der Waals surface area contributed by atoms with Crippen molar-refractivity contribution < 1.29 is 19.0 Å². The van der Waals surface area contributed by atoms with E-state index in [9.17, 15) is 4.79 Å². The summed E-state index contributed by atoms with van der Waals surface area (Å²) < 4.78 is 20.5. The molecule has 1 aliphatic heterocycles. The van der Waals surface area contributed by atoms with Crippen LogP contribution in [0, 0.1) is 0 Å². The second kappa shape index (κ2) is 6.61. The molecule has 0 saturated carbocycles. The number of halogens is 2. The summed E-state index contributed by atoms with van der Waals surface area (Å²) in [5.74, 6) is 0. The molecule has 0 spiro atoms. The maximum absolute atomic E-state index is 15.2. The van der Waals surface area contributed by atoms with E-state index in [4.69, 9.17) is 21.4 Å². The fourth-order valence-electron chi connectivity index (χ4n) is 2.49. The van der Waals surface area contributed by atoms with Crippen LogP contribution in [0.4, 0.5) is 9.18 Å². The number of hydrogen-bond acceptors (Lipinski definition) is 4. The lowest BCUT2D eigenvalue weighted by atomic mass is 9.87. The maximum atomic E-state index is 15.2. The van der Waals surface area contributed by atoms with Crippen LogP contribution >= 0.6 is 11.6 Å². The number of carbonyl (C=O) groups is 1. The molecule has 0 radical (unpaired) electrons. The van der Waals surface area contributed by atoms with Crippen LogP contribution in [0.3, 0.4) is 0 Å². The van der Waals surface area contributed by atoms with Gasteiger partial charge in [-0.15, -0.1) is 0 Å². The summed E-state index contributed by atoms with van der Waals surface area (Å²) in [7, 11) is 0. The molecular weight excluding hydrogens is 323 g/mol. The third kappa shape index (κ3) is 4.32. The van der Waals surface area contributed by atoms with Crippen molar-refractivity contribution >= 4 is 17.7 Å². The highest BCUT2D eigenvalue weighted by molar-refractivity contribution is 6.31. The Labute approximate surface area is 140 Å². The summed E-state index contributed by atoms with van der Waals surface area (Å²) in [5.41, 5.74) is -1.45. The highest BCUT2D eigenvalue weighted by Crippen LogP contribution is 2.38. The highest BCUT2D eigenvalue weighted by Gasteiger charge is 2.39. The number of aliphatic hydroxyl groups is 1. The molecule has 1 aromatic heterocycles. The van der Waals surface area contributed by atoms with Gasteiger partial charge in [0.2, 0.25) is 0 Å². The fraction of sp³-hybridized carbons (Fsp3) is 0.625. The van der Waals surface area contributed by atoms with Gasteiger partial charge in [-0.3, -0.25) is 4.98 Å². The minimum atomic E-state index is -1.58. The lowest BCUT2D eigenvalue weighted by molar-refractivity contribution is 0.00212. The van der Waals surface area contributed by atoms with Crippen molar-refractivity contribution in [2.75, 3.05) is 13.1 Å². The first-order valence-corrected chi connectivity index (χ1v) is 7.95. The van der Waals surface area contributed by atoms with E-state index >= 15 is 4.39 Å². The summed E-state index contributed by atoms with van der Waals surface area (Å²) in [4.78, 5) is 17.5. The molecule has 0 atom stereocenters. The van der Waals surface area contributed by atoms with Crippen LogP contribution in [0.2, 0.25) is 5.02 Å². The van der Waals surface area contributed by atoms with Crippen molar-refractivity contribution in [1.82, 2.24) is 9.88 Å². The Morgan fingerprint density at radius 1 is 1.48 bits per heavy atom. The minimum Gasteiger partial charge on any atom is -0.444 e. The second-order valence-electron chi connectivity index (χ2n) is 6.74. The summed E-state index contributed by atoms with van der Waals surface area (Å²) in [5, 5.41) is 9.32. The summed E-state index contributed by atoms with van der Waals surface area (Å²) >= 11 is 5.99. The number of aromatic nitrogens is 1. The zero-order valence-corrected chi connectivity index (χ0v) is 14.4. The Morgan fingerprint density at radius 2 is 2.09 bits per heavy atom. The number of nitrogens with zero attached hydrogens (tertiary/aromatic N) is 2. The zero-order chi connectivity index (χ0) is 17.3. The summed E-state index contributed by atoms with van der Waals surface area (Å²) in [6.07, 6.45) is 1.29. The predicted molar refractivity (Wildman–Crippen MR) is 85.0 cm³/mol. The smallest absolute Gasteiger partial charge is 0.410 e.